The SMILES string of the molecule is CCNC(=NCCC(=O)NC1CCCC1)N(C)Cc1cccn1C. The summed E-state index contributed by atoms with van der Waals surface area (Å²) in [6, 6.07) is 4.53. The fourth-order valence-electron chi connectivity index (χ4n) is 3.08. The van der Waals surface area contributed by atoms with E-state index in [4.69, 9.17) is 0 Å². The Labute approximate surface area is 145 Å². The normalized spacial score (nSPS) is 15.5. The van der Waals surface area contributed by atoms with Crippen LogP contribution in [0, 0.1) is 0 Å². The largest absolute Gasteiger partial charge is 0.357 e. The Morgan fingerprint density at radius 2 is 2.17 bits per heavy atom. The Balaban J connectivity index is 1.82. The fraction of sp³-hybridized carbons (Fsp3) is 0.667. The van der Waals surface area contributed by atoms with Crippen molar-refractivity contribution in [3.8, 4) is 0 Å². The molecule has 1 fully saturated rings. The third kappa shape index (κ3) is 5.58. The van der Waals surface area contributed by atoms with E-state index in [1.165, 1.54) is 18.5 Å². The van der Waals surface area contributed by atoms with Crippen LogP contribution in [0.15, 0.2) is 23.3 Å². The van der Waals surface area contributed by atoms with E-state index < -0.39 is 0 Å². The third-order valence-corrected chi connectivity index (χ3v) is 4.47. The van der Waals surface area contributed by atoms with Crippen molar-refractivity contribution in [1.82, 2.24) is 20.1 Å². The van der Waals surface area contributed by atoms with E-state index in [0.717, 1.165) is 31.9 Å². The van der Waals surface area contributed by atoms with E-state index in [1.54, 1.807) is 0 Å². The van der Waals surface area contributed by atoms with E-state index in [1.807, 2.05) is 26.4 Å². The number of carbonyl (C=O) groups is 1. The third-order valence-electron chi connectivity index (χ3n) is 4.47. The van der Waals surface area contributed by atoms with Gasteiger partial charge < -0.3 is 20.1 Å². The lowest BCUT2D eigenvalue weighted by Gasteiger charge is -2.22. The van der Waals surface area contributed by atoms with E-state index in [2.05, 4.69) is 38.1 Å². The highest BCUT2D eigenvalue weighted by atomic mass is 16.1. The molecule has 1 amide bonds. The zero-order chi connectivity index (χ0) is 17.4. The number of aryl methyl sites for hydroxylation is 1. The van der Waals surface area contributed by atoms with Gasteiger partial charge in [0.05, 0.1) is 13.1 Å². The molecule has 0 spiro atoms. The summed E-state index contributed by atoms with van der Waals surface area (Å²) >= 11 is 0. The molecule has 1 aliphatic carbocycles. The summed E-state index contributed by atoms with van der Waals surface area (Å²) in [4.78, 5) is 18.7. The molecule has 1 aromatic heterocycles. The van der Waals surface area contributed by atoms with Crippen LogP contribution in [0.1, 0.15) is 44.7 Å². The predicted molar refractivity (Wildman–Crippen MR) is 97.9 cm³/mol. The molecule has 0 saturated heterocycles. The molecule has 0 aromatic carbocycles. The van der Waals surface area contributed by atoms with Crippen LogP contribution in [0.25, 0.3) is 0 Å². The number of nitrogens with zero attached hydrogens (tertiary/aromatic N) is 3. The van der Waals surface area contributed by atoms with Gasteiger partial charge in [-0.1, -0.05) is 12.8 Å². The highest BCUT2D eigenvalue weighted by Crippen LogP contribution is 2.17. The molecule has 2 rings (SSSR count). The Bertz CT molecular complexity index is 545. The molecule has 1 saturated carbocycles. The minimum atomic E-state index is 0.117. The van der Waals surface area contributed by atoms with Crippen molar-refractivity contribution in [3.63, 3.8) is 0 Å². The van der Waals surface area contributed by atoms with E-state index >= 15 is 0 Å². The lowest BCUT2D eigenvalue weighted by molar-refractivity contribution is -0.121. The molecule has 0 bridgehead atoms. The van der Waals surface area contributed by atoms with E-state index in [9.17, 15) is 4.79 Å². The molecule has 1 aromatic rings. The van der Waals surface area contributed by atoms with Crippen LogP contribution in [-0.2, 0) is 18.4 Å². The molecule has 24 heavy (non-hydrogen) atoms. The monoisotopic (exact) mass is 333 g/mol. The summed E-state index contributed by atoms with van der Waals surface area (Å²) in [5, 5.41) is 6.41. The summed E-state index contributed by atoms with van der Waals surface area (Å²) in [5.74, 6) is 0.957. The van der Waals surface area contributed by atoms with E-state index in [-0.39, 0.29) is 5.91 Å². The molecule has 1 aliphatic rings. The first-order valence-electron chi connectivity index (χ1n) is 8.99. The average molecular weight is 333 g/mol. The molecule has 0 atom stereocenters. The minimum Gasteiger partial charge on any atom is -0.357 e. The quantitative estimate of drug-likeness (QED) is 0.591. The van der Waals surface area contributed by atoms with Crippen LogP contribution in [-0.4, -0.2) is 47.5 Å². The summed E-state index contributed by atoms with van der Waals surface area (Å²) in [5.41, 5.74) is 1.22. The molecule has 0 radical (unpaired) electrons. The van der Waals surface area contributed by atoms with Crippen molar-refractivity contribution in [2.75, 3.05) is 20.1 Å². The van der Waals surface area contributed by atoms with Crippen molar-refractivity contribution in [2.24, 2.45) is 12.0 Å². The van der Waals surface area contributed by atoms with Crippen LogP contribution in [0.4, 0.5) is 0 Å². The zero-order valence-electron chi connectivity index (χ0n) is 15.2. The molecule has 0 aliphatic heterocycles. The Morgan fingerprint density at radius 3 is 2.79 bits per heavy atom. The number of rotatable bonds is 7. The van der Waals surface area contributed by atoms with Crippen LogP contribution < -0.4 is 10.6 Å². The molecular weight excluding hydrogens is 302 g/mol. The van der Waals surface area contributed by atoms with E-state index in [0.29, 0.717) is 19.0 Å². The smallest absolute Gasteiger partial charge is 0.222 e. The van der Waals surface area contributed by atoms with Gasteiger partial charge in [-0.05, 0) is 31.9 Å². The van der Waals surface area contributed by atoms with Gasteiger partial charge in [0, 0.05) is 45.0 Å². The number of nitrogens with one attached hydrogen (secondary N) is 2. The topological polar surface area (TPSA) is 61.7 Å². The number of carbonyl (C=O) groups excluding carboxylic acids is 1. The summed E-state index contributed by atoms with van der Waals surface area (Å²) < 4.78 is 2.11. The molecule has 6 heteroatoms. The van der Waals surface area contributed by atoms with Crippen LogP contribution in [0.2, 0.25) is 0 Å². The van der Waals surface area contributed by atoms with Crippen molar-refractivity contribution >= 4 is 11.9 Å². The number of aromatic nitrogens is 1. The maximum atomic E-state index is 12.0. The second-order valence-corrected chi connectivity index (χ2v) is 6.50. The lowest BCUT2D eigenvalue weighted by Crippen LogP contribution is -2.39. The van der Waals surface area contributed by atoms with Crippen LogP contribution >= 0.6 is 0 Å². The molecule has 6 nitrogen and oxygen atoms in total. The van der Waals surface area contributed by atoms with Crippen molar-refractivity contribution in [1.29, 1.82) is 0 Å². The van der Waals surface area contributed by atoms with Crippen molar-refractivity contribution in [3.05, 3.63) is 24.0 Å². The van der Waals surface area contributed by atoms with Gasteiger partial charge in [-0.15, -0.1) is 0 Å². The summed E-state index contributed by atoms with van der Waals surface area (Å²) in [6.07, 6.45) is 7.20. The number of guanidine groups is 1. The van der Waals surface area contributed by atoms with Gasteiger partial charge in [0.1, 0.15) is 0 Å². The Hall–Kier alpha value is -1.98. The van der Waals surface area contributed by atoms with Crippen LogP contribution in [0.3, 0.4) is 0 Å². The number of hydrogen-bond donors (Lipinski definition) is 2. The molecule has 1 heterocycles. The maximum absolute atomic E-state index is 12.0. The first-order valence-corrected chi connectivity index (χ1v) is 8.99. The average Bonchev–Trinajstić information content (AvgIpc) is 3.19. The molecular formula is C18H31N5O. The Morgan fingerprint density at radius 1 is 1.42 bits per heavy atom. The predicted octanol–water partition coefficient (Wildman–Crippen LogP) is 1.87. The first kappa shape index (κ1) is 18.4. The second kappa shape index (κ2) is 9.35. The zero-order valence-corrected chi connectivity index (χ0v) is 15.2. The number of aliphatic imine (C=N–C) groups is 1. The van der Waals surface area contributed by atoms with Gasteiger partial charge in [0.2, 0.25) is 5.91 Å². The minimum absolute atomic E-state index is 0.117. The van der Waals surface area contributed by atoms with Gasteiger partial charge in [-0.25, -0.2) is 0 Å². The fourth-order valence-corrected chi connectivity index (χ4v) is 3.08. The Kier molecular flexibility index (Phi) is 7.15. The van der Waals surface area contributed by atoms with Crippen molar-refractivity contribution < 1.29 is 4.79 Å². The molecule has 134 valence electrons. The lowest BCUT2D eigenvalue weighted by atomic mass is 10.2. The van der Waals surface area contributed by atoms with Gasteiger partial charge in [-0.2, -0.15) is 0 Å². The summed E-state index contributed by atoms with van der Waals surface area (Å²) in [7, 11) is 4.06. The van der Waals surface area contributed by atoms with Crippen molar-refractivity contribution in [2.45, 2.75) is 51.6 Å². The number of hydrogen-bond acceptors (Lipinski definition) is 2. The van der Waals surface area contributed by atoms with Gasteiger partial charge in [-0.3, -0.25) is 9.79 Å². The van der Waals surface area contributed by atoms with Gasteiger partial charge in [0.25, 0.3) is 0 Å². The maximum Gasteiger partial charge on any atom is 0.222 e. The first-order chi connectivity index (χ1) is 11.6. The van der Waals surface area contributed by atoms with Crippen LogP contribution in [0.5, 0.6) is 0 Å². The standard InChI is InChI=1S/C18H31N5O/c1-4-19-18(23(3)14-16-10-7-13-22(16)2)20-12-11-17(24)21-15-8-5-6-9-15/h7,10,13,15H,4-6,8-9,11-12,14H2,1-3H3,(H,19,20)(H,21,24). The van der Waals surface area contributed by atoms with Gasteiger partial charge in [0.15, 0.2) is 5.96 Å². The second-order valence-electron chi connectivity index (χ2n) is 6.50. The molecule has 2 N–H and O–H groups in total. The highest BCUT2D eigenvalue weighted by Gasteiger charge is 2.16. The highest BCUT2D eigenvalue weighted by molar-refractivity contribution is 5.80. The molecule has 0 unspecified atom stereocenters. The number of amides is 1. The summed E-state index contributed by atoms with van der Waals surface area (Å²) in [6.45, 7) is 4.16. The van der Waals surface area contributed by atoms with Gasteiger partial charge >= 0.3 is 0 Å².